The van der Waals surface area contributed by atoms with E-state index in [4.69, 9.17) is 16.7 Å². The maximum Gasteiger partial charge on any atom is 0.271 e. The summed E-state index contributed by atoms with van der Waals surface area (Å²) < 4.78 is 0. The van der Waals surface area contributed by atoms with Crippen LogP contribution < -0.4 is 5.32 Å². The summed E-state index contributed by atoms with van der Waals surface area (Å²) in [6, 6.07) is -0.130. The second-order valence-electron chi connectivity index (χ2n) is 3.65. The molecule has 0 fully saturated rings. The van der Waals surface area contributed by atoms with Crippen LogP contribution in [0.1, 0.15) is 24.3 Å². The third kappa shape index (κ3) is 3.43. The van der Waals surface area contributed by atoms with E-state index >= 15 is 0 Å². The van der Waals surface area contributed by atoms with Gasteiger partial charge in [0.15, 0.2) is 0 Å². The highest BCUT2D eigenvalue weighted by Crippen LogP contribution is 2.04. The summed E-state index contributed by atoms with van der Waals surface area (Å²) >= 11 is 5.56. The van der Waals surface area contributed by atoms with Gasteiger partial charge in [0, 0.05) is 12.6 Å². The number of amides is 1. The zero-order valence-corrected chi connectivity index (χ0v) is 9.90. The summed E-state index contributed by atoms with van der Waals surface area (Å²) in [5.41, 5.74) is 0.210. The van der Waals surface area contributed by atoms with Crippen molar-refractivity contribution in [3.05, 3.63) is 23.2 Å². The fourth-order valence-corrected chi connectivity index (χ4v) is 1.11. The highest BCUT2D eigenvalue weighted by atomic mass is 35.5. The second-order valence-corrected chi connectivity index (χ2v) is 4.03. The maximum absolute atomic E-state index is 11.6. The van der Waals surface area contributed by atoms with Crippen LogP contribution in [-0.4, -0.2) is 33.6 Å². The van der Waals surface area contributed by atoms with Gasteiger partial charge in [0.25, 0.3) is 5.91 Å². The van der Waals surface area contributed by atoms with E-state index in [1.165, 1.54) is 12.4 Å². The minimum absolute atomic E-state index is 0.00999. The van der Waals surface area contributed by atoms with Crippen LogP contribution in [0.4, 0.5) is 0 Å². The number of nitrogens with one attached hydrogen (secondary N) is 1. The largest absolute Gasteiger partial charge is 0.396 e. The number of rotatable bonds is 4. The van der Waals surface area contributed by atoms with Gasteiger partial charge in [-0.15, -0.1) is 0 Å². The number of halogens is 1. The average molecular weight is 244 g/mol. The van der Waals surface area contributed by atoms with Crippen molar-refractivity contribution in [2.24, 2.45) is 5.92 Å². The van der Waals surface area contributed by atoms with Gasteiger partial charge < -0.3 is 10.4 Å². The van der Waals surface area contributed by atoms with Crippen LogP contribution in [0, 0.1) is 5.92 Å². The monoisotopic (exact) mass is 243 g/mol. The maximum atomic E-state index is 11.6. The topological polar surface area (TPSA) is 75.1 Å². The number of aliphatic hydroxyl groups is 1. The molecule has 0 spiro atoms. The Morgan fingerprint density at radius 3 is 2.69 bits per heavy atom. The first-order valence-electron chi connectivity index (χ1n) is 4.94. The number of aliphatic hydroxyl groups excluding tert-OH is 1. The summed E-state index contributed by atoms with van der Waals surface area (Å²) in [6.07, 6.45) is 2.63. The van der Waals surface area contributed by atoms with Crippen molar-refractivity contribution < 1.29 is 9.90 Å². The van der Waals surface area contributed by atoms with Crippen molar-refractivity contribution in [2.45, 2.75) is 19.9 Å². The number of carbonyl (C=O) groups is 1. The highest BCUT2D eigenvalue weighted by molar-refractivity contribution is 6.29. The molecule has 2 atom stereocenters. The van der Waals surface area contributed by atoms with E-state index in [9.17, 15) is 4.79 Å². The Balaban J connectivity index is 2.62. The quantitative estimate of drug-likeness (QED) is 0.823. The molecule has 1 aromatic rings. The van der Waals surface area contributed by atoms with Crippen molar-refractivity contribution in [1.29, 1.82) is 0 Å². The minimum atomic E-state index is -0.322. The Hall–Kier alpha value is -1.20. The first-order valence-corrected chi connectivity index (χ1v) is 5.31. The van der Waals surface area contributed by atoms with E-state index in [1.54, 1.807) is 0 Å². The number of aromatic nitrogens is 2. The molecule has 0 saturated heterocycles. The Labute approximate surface area is 98.9 Å². The molecule has 1 rings (SSSR count). The minimum Gasteiger partial charge on any atom is -0.396 e. The number of nitrogens with zero attached hydrogens (tertiary/aromatic N) is 2. The van der Waals surface area contributed by atoms with Crippen LogP contribution in [0.5, 0.6) is 0 Å². The van der Waals surface area contributed by atoms with Crippen molar-refractivity contribution in [1.82, 2.24) is 15.3 Å². The van der Waals surface area contributed by atoms with Crippen LogP contribution in [0.15, 0.2) is 12.4 Å². The van der Waals surface area contributed by atoms with Gasteiger partial charge in [-0.3, -0.25) is 4.79 Å². The molecule has 2 N–H and O–H groups in total. The van der Waals surface area contributed by atoms with Crippen molar-refractivity contribution in [3.63, 3.8) is 0 Å². The Bertz CT molecular complexity index is 356. The smallest absolute Gasteiger partial charge is 0.271 e. The molecule has 0 aliphatic carbocycles. The fraction of sp³-hybridized carbons (Fsp3) is 0.500. The number of hydrogen-bond donors (Lipinski definition) is 2. The summed E-state index contributed by atoms with van der Waals surface area (Å²) in [5, 5.41) is 11.9. The third-order valence-electron chi connectivity index (χ3n) is 2.35. The molecule has 0 aliphatic rings. The van der Waals surface area contributed by atoms with E-state index in [2.05, 4.69) is 15.3 Å². The molecule has 1 amide bonds. The Kier molecular flexibility index (Phi) is 4.64. The van der Waals surface area contributed by atoms with E-state index < -0.39 is 0 Å². The van der Waals surface area contributed by atoms with Gasteiger partial charge in [0.2, 0.25) is 0 Å². The van der Waals surface area contributed by atoms with Crippen LogP contribution in [-0.2, 0) is 0 Å². The van der Waals surface area contributed by atoms with Crippen LogP contribution in [0.25, 0.3) is 0 Å². The summed E-state index contributed by atoms with van der Waals surface area (Å²) in [7, 11) is 0. The number of carbonyl (C=O) groups excluding carboxylic acids is 1. The van der Waals surface area contributed by atoms with Gasteiger partial charge in [0.1, 0.15) is 10.8 Å². The van der Waals surface area contributed by atoms with Gasteiger partial charge >= 0.3 is 0 Å². The molecule has 0 aromatic carbocycles. The fourth-order valence-electron chi connectivity index (χ4n) is 1.01. The zero-order valence-electron chi connectivity index (χ0n) is 9.14. The summed E-state index contributed by atoms with van der Waals surface area (Å²) in [5.74, 6) is -0.332. The van der Waals surface area contributed by atoms with Gasteiger partial charge in [-0.05, 0) is 12.8 Å². The first kappa shape index (κ1) is 12.9. The number of hydrogen-bond acceptors (Lipinski definition) is 4. The molecule has 2 unspecified atom stereocenters. The molecule has 0 radical (unpaired) electrons. The van der Waals surface area contributed by atoms with Crippen molar-refractivity contribution >= 4 is 17.5 Å². The van der Waals surface area contributed by atoms with E-state index in [-0.39, 0.29) is 35.3 Å². The normalized spacial score (nSPS) is 14.2. The first-order chi connectivity index (χ1) is 7.54. The summed E-state index contributed by atoms with van der Waals surface area (Å²) in [6.45, 7) is 3.69. The molecule has 6 heteroatoms. The van der Waals surface area contributed by atoms with Crippen LogP contribution in [0.2, 0.25) is 5.15 Å². The van der Waals surface area contributed by atoms with Crippen LogP contribution in [0.3, 0.4) is 0 Å². The van der Waals surface area contributed by atoms with Crippen molar-refractivity contribution in [2.75, 3.05) is 6.61 Å². The molecule has 88 valence electrons. The zero-order chi connectivity index (χ0) is 12.1. The molecule has 16 heavy (non-hydrogen) atoms. The molecule has 5 nitrogen and oxygen atoms in total. The van der Waals surface area contributed by atoms with Crippen LogP contribution >= 0.6 is 11.6 Å². The highest BCUT2D eigenvalue weighted by Gasteiger charge is 2.15. The average Bonchev–Trinajstić information content (AvgIpc) is 2.28. The molecule has 0 bridgehead atoms. The molecule has 1 heterocycles. The molecular formula is C10H14ClN3O2. The predicted molar refractivity (Wildman–Crippen MR) is 60.2 cm³/mol. The van der Waals surface area contributed by atoms with E-state index in [0.717, 1.165) is 0 Å². The van der Waals surface area contributed by atoms with Crippen molar-refractivity contribution in [3.8, 4) is 0 Å². The Morgan fingerprint density at radius 1 is 1.50 bits per heavy atom. The van der Waals surface area contributed by atoms with Gasteiger partial charge in [0.05, 0.1) is 12.4 Å². The van der Waals surface area contributed by atoms with E-state index in [0.29, 0.717) is 0 Å². The standard InChI is InChI=1S/C10H14ClN3O2/c1-6(5-15)7(2)14-10(16)8-3-13-9(11)4-12-8/h3-4,6-7,15H,5H2,1-2H3,(H,14,16). The molecular weight excluding hydrogens is 230 g/mol. The lowest BCUT2D eigenvalue weighted by Gasteiger charge is -2.18. The predicted octanol–water partition coefficient (Wildman–Crippen LogP) is 0.877. The third-order valence-corrected chi connectivity index (χ3v) is 2.55. The molecule has 0 aliphatic heterocycles. The molecule has 1 aromatic heterocycles. The lowest BCUT2D eigenvalue weighted by molar-refractivity contribution is 0.0911. The lowest BCUT2D eigenvalue weighted by atomic mass is 10.1. The van der Waals surface area contributed by atoms with Gasteiger partial charge in [-0.25, -0.2) is 9.97 Å². The van der Waals surface area contributed by atoms with E-state index in [1.807, 2.05) is 13.8 Å². The lowest BCUT2D eigenvalue weighted by Crippen LogP contribution is -2.38. The van der Waals surface area contributed by atoms with Gasteiger partial charge in [-0.1, -0.05) is 18.5 Å². The second kappa shape index (κ2) is 5.77. The Morgan fingerprint density at radius 2 is 2.19 bits per heavy atom. The SMILES string of the molecule is CC(CO)C(C)NC(=O)c1cnc(Cl)cn1. The van der Waals surface area contributed by atoms with Gasteiger partial charge in [-0.2, -0.15) is 0 Å². The molecule has 0 saturated carbocycles. The summed E-state index contributed by atoms with van der Waals surface area (Å²) in [4.78, 5) is 19.3.